The van der Waals surface area contributed by atoms with Crippen LogP contribution in [0.2, 0.25) is 0 Å². The first-order valence-corrected chi connectivity index (χ1v) is 5.45. The standard InChI is InChI=1S/C12H14OS/c1-13-11-5-4-9-2-3-10(6-7-14)12(9)8-11/h3-5,8,14H,2,6-7H2,1H3. The third-order valence-electron chi connectivity index (χ3n) is 2.61. The number of rotatable bonds is 3. The van der Waals surface area contributed by atoms with E-state index in [0.29, 0.717) is 0 Å². The Kier molecular flexibility index (Phi) is 2.82. The SMILES string of the molecule is COc1ccc2c(c1)C(CCS)=CC2. The molecule has 0 atom stereocenters. The smallest absolute Gasteiger partial charge is 0.119 e. The third-order valence-corrected chi connectivity index (χ3v) is 2.84. The van der Waals surface area contributed by atoms with Crippen molar-refractivity contribution in [3.05, 3.63) is 35.4 Å². The van der Waals surface area contributed by atoms with Gasteiger partial charge >= 0.3 is 0 Å². The molecule has 1 aromatic rings. The molecule has 0 N–H and O–H groups in total. The van der Waals surface area contributed by atoms with E-state index in [1.54, 1.807) is 7.11 Å². The molecule has 0 saturated heterocycles. The molecule has 14 heavy (non-hydrogen) atoms. The Hall–Kier alpha value is -0.890. The van der Waals surface area contributed by atoms with E-state index >= 15 is 0 Å². The van der Waals surface area contributed by atoms with Crippen LogP contribution in [0.25, 0.3) is 5.57 Å². The Morgan fingerprint density at radius 3 is 3.00 bits per heavy atom. The van der Waals surface area contributed by atoms with Gasteiger partial charge in [0.2, 0.25) is 0 Å². The lowest BCUT2D eigenvalue weighted by molar-refractivity contribution is 0.414. The fourth-order valence-electron chi connectivity index (χ4n) is 1.86. The van der Waals surface area contributed by atoms with Gasteiger partial charge in [0.05, 0.1) is 7.11 Å². The lowest BCUT2D eigenvalue weighted by atomic mass is 10.0. The third kappa shape index (κ3) is 1.67. The number of methoxy groups -OCH3 is 1. The van der Waals surface area contributed by atoms with E-state index in [0.717, 1.165) is 24.3 Å². The molecule has 2 heteroatoms. The van der Waals surface area contributed by atoms with Gasteiger partial charge in [-0.1, -0.05) is 12.1 Å². The zero-order valence-electron chi connectivity index (χ0n) is 8.29. The number of hydrogen-bond acceptors (Lipinski definition) is 2. The van der Waals surface area contributed by atoms with Gasteiger partial charge in [0.1, 0.15) is 5.75 Å². The maximum Gasteiger partial charge on any atom is 0.119 e. The number of allylic oxidation sites excluding steroid dienone is 2. The van der Waals surface area contributed by atoms with Crippen LogP contribution in [0, 0.1) is 0 Å². The maximum absolute atomic E-state index is 5.22. The molecule has 0 heterocycles. The molecule has 0 spiro atoms. The van der Waals surface area contributed by atoms with E-state index < -0.39 is 0 Å². The van der Waals surface area contributed by atoms with Crippen LogP contribution < -0.4 is 4.74 Å². The van der Waals surface area contributed by atoms with Crippen molar-refractivity contribution in [2.45, 2.75) is 12.8 Å². The summed E-state index contributed by atoms with van der Waals surface area (Å²) in [6.45, 7) is 0. The molecule has 1 aromatic carbocycles. The average molecular weight is 206 g/mol. The summed E-state index contributed by atoms with van der Waals surface area (Å²) < 4.78 is 5.22. The summed E-state index contributed by atoms with van der Waals surface area (Å²) in [7, 11) is 1.71. The maximum atomic E-state index is 5.22. The molecule has 0 unspecified atom stereocenters. The van der Waals surface area contributed by atoms with Crippen molar-refractivity contribution in [2.24, 2.45) is 0 Å². The van der Waals surface area contributed by atoms with Crippen LogP contribution in [0.15, 0.2) is 24.3 Å². The molecular weight excluding hydrogens is 192 g/mol. The van der Waals surface area contributed by atoms with Crippen molar-refractivity contribution in [3.63, 3.8) is 0 Å². The molecule has 74 valence electrons. The normalized spacial score (nSPS) is 13.7. The Balaban J connectivity index is 2.33. The van der Waals surface area contributed by atoms with Crippen molar-refractivity contribution in [3.8, 4) is 5.75 Å². The van der Waals surface area contributed by atoms with E-state index in [1.165, 1.54) is 16.7 Å². The lowest BCUT2D eigenvalue weighted by Crippen LogP contribution is -1.89. The van der Waals surface area contributed by atoms with Gasteiger partial charge in [-0.15, -0.1) is 0 Å². The average Bonchev–Trinajstić information content (AvgIpc) is 2.61. The number of hydrogen-bond donors (Lipinski definition) is 1. The van der Waals surface area contributed by atoms with Crippen LogP contribution in [-0.4, -0.2) is 12.9 Å². The van der Waals surface area contributed by atoms with Gasteiger partial charge < -0.3 is 4.74 Å². The Morgan fingerprint density at radius 1 is 1.43 bits per heavy atom. The molecule has 0 aromatic heterocycles. The molecule has 0 fully saturated rings. The summed E-state index contributed by atoms with van der Waals surface area (Å²) in [5.41, 5.74) is 4.16. The molecule has 0 aliphatic heterocycles. The van der Waals surface area contributed by atoms with Crippen molar-refractivity contribution in [1.29, 1.82) is 0 Å². The van der Waals surface area contributed by atoms with Crippen LogP contribution in [0.5, 0.6) is 5.75 Å². The van der Waals surface area contributed by atoms with Gasteiger partial charge in [0.15, 0.2) is 0 Å². The highest BCUT2D eigenvalue weighted by molar-refractivity contribution is 7.80. The van der Waals surface area contributed by atoms with Crippen molar-refractivity contribution in [2.75, 3.05) is 12.9 Å². The minimum Gasteiger partial charge on any atom is -0.497 e. The van der Waals surface area contributed by atoms with Gasteiger partial charge in [-0.05, 0) is 47.4 Å². The first-order valence-electron chi connectivity index (χ1n) is 4.82. The quantitative estimate of drug-likeness (QED) is 0.748. The van der Waals surface area contributed by atoms with Crippen LogP contribution >= 0.6 is 12.6 Å². The number of thiol groups is 1. The largest absolute Gasteiger partial charge is 0.497 e. The van der Waals surface area contributed by atoms with Gasteiger partial charge in [-0.3, -0.25) is 0 Å². The van der Waals surface area contributed by atoms with Crippen molar-refractivity contribution < 1.29 is 4.74 Å². The van der Waals surface area contributed by atoms with E-state index in [-0.39, 0.29) is 0 Å². The Morgan fingerprint density at radius 2 is 2.29 bits per heavy atom. The van der Waals surface area contributed by atoms with Crippen LogP contribution in [0.3, 0.4) is 0 Å². The van der Waals surface area contributed by atoms with E-state index in [4.69, 9.17) is 4.74 Å². The van der Waals surface area contributed by atoms with Crippen LogP contribution in [-0.2, 0) is 6.42 Å². The van der Waals surface area contributed by atoms with Crippen molar-refractivity contribution >= 4 is 18.2 Å². The summed E-state index contributed by atoms with van der Waals surface area (Å²) in [6, 6.07) is 6.30. The van der Waals surface area contributed by atoms with Gasteiger partial charge in [0.25, 0.3) is 0 Å². The topological polar surface area (TPSA) is 9.23 Å². The first kappa shape index (κ1) is 9.66. The lowest BCUT2D eigenvalue weighted by Gasteiger charge is -2.06. The van der Waals surface area contributed by atoms with Gasteiger partial charge in [-0.2, -0.15) is 12.6 Å². The number of benzene rings is 1. The minimum absolute atomic E-state index is 0.905. The fourth-order valence-corrected chi connectivity index (χ4v) is 2.10. The predicted octanol–water partition coefficient (Wildman–Crippen LogP) is 2.95. The minimum atomic E-state index is 0.905. The highest BCUT2D eigenvalue weighted by atomic mass is 32.1. The Labute approximate surface area is 90.2 Å². The number of fused-ring (bicyclic) bond motifs is 1. The second kappa shape index (κ2) is 4.09. The fraction of sp³-hybridized carbons (Fsp3) is 0.333. The van der Waals surface area contributed by atoms with Crippen LogP contribution in [0.4, 0.5) is 0 Å². The number of ether oxygens (including phenoxy) is 1. The first-order chi connectivity index (χ1) is 6.85. The molecule has 1 nitrogen and oxygen atoms in total. The zero-order chi connectivity index (χ0) is 9.97. The molecule has 2 rings (SSSR count). The van der Waals surface area contributed by atoms with Crippen LogP contribution in [0.1, 0.15) is 17.5 Å². The Bertz CT molecular complexity index is 369. The van der Waals surface area contributed by atoms with E-state index in [9.17, 15) is 0 Å². The molecule has 0 saturated carbocycles. The summed E-state index contributed by atoms with van der Waals surface area (Å²) in [6.07, 6.45) is 4.39. The highest BCUT2D eigenvalue weighted by Crippen LogP contribution is 2.32. The van der Waals surface area contributed by atoms with E-state index in [1.807, 2.05) is 6.07 Å². The second-order valence-electron chi connectivity index (χ2n) is 3.43. The molecule has 1 aliphatic carbocycles. The highest BCUT2D eigenvalue weighted by Gasteiger charge is 2.13. The van der Waals surface area contributed by atoms with Crippen molar-refractivity contribution in [1.82, 2.24) is 0 Å². The molecule has 0 bridgehead atoms. The van der Waals surface area contributed by atoms with E-state index in [2.05, 4.69) is 30.8 Å². The zero-order valence-corrected chi connectivity index (χ0v) is 9.18. The summed E-state index contributed by atoms with van der Waals surface area (Å²) >= 11 is 4.26. The van der Waals surface area contributed by atoms with Gasteiger partial charge in [-0.25, -0.2) is 0 Å². The van der Waals surface area contributed by atoms with Gasteiger partial charge in [0, 0.05) is 0 Å². The predicted molar refractivity (Wildman–Crippen MR) is 63.1 cm³/mol. The summed E-state index contributed by atoms with van der Waals surface area (Å²) in [5, 5.41) is 0. The summed E-state index contributed by atoms with van der Waals surface area (Å²) in [5.74, 6) is 1.85. The molecule has 0 radical (unpaired) electrons. The molecular formula is C12H14OS. The molecule has 0 amide bonds. The molecule has 1 aliphatic rings. The summed E-state index contributed by atoms with van der Waals surface area (Å²) in [4.78, 5) is 0. The monoisotopic (exact) mass is 206 g/mol. The second-order valence-corrected chi connectivity index (χ2v) is 3.88.